The van der Waals surface area contributed by atoms with Crippen molar-refractivity contribution in [3.63, 3.8) is 0 Å². The van der Waals surface area contributed by atoms with Crippen LogP contribution in [0.4, 0.5) is 0 Å². The lowest BCUT2D eigenvalue weighted by molar-refractivity contribution is 0.0933. The van der Waals surface area contributed by atoms with Gasteiger partial charge < -0.3 is 5.32 Å². The fourth-order valence-electron chi connectivity index (χ4n) is 2.46. The fourth-order valence-corrected chi connectivity index (χ4v) is 2.46. The topological polar surface area (TPSA) is 59.8 Å². The predicted octanol–water partition coefficient (Wildman–Crippen LogP) is 3.65. The van der Waals surface area contributed by atoms with Crippen molar-refractivity contribution >= 4 is 5.91 Å². The smallest absolute Gasteiger partial charge is 0.272 e. The molecule has 0 aliphatic carbocycles. The van der Waals surface area contributed by atoms with Crippen molar-refractivity contribution in [2.24, 2.45) is 0 Å². The highest BCUT2D eigenvalue weighted by Gasteiger charge is 2.24. The van der Waals surface area contributed by atoms with Gasteiger partial charge in [-0.2, -0.15) is 5.10 Å². The first-order chi connectivity index (χ1) is 10.7. The molecule has 0 aliphatic rings. The van der Waals surface area contributed by atoms with Crippen molar-refractivity contribution in [1.82, 2.24) is 20.1 Å². The first-order valence-corrected chi connectivity index (χ1v) is 8.01. The van der Waals surface area contributed by atoms with E-state index in [-0.39, 0.29) is 17.5 Å². The molecule has 5 nitrogen and oxygen atoms in total. The Morgan fingerprint density at radius 2 is 1.78 bits per heavy atom. The van der Waals surface area contributed by atoms with Crippen LogP contribution in [0.3, 0.4) is 0 Å². The minimum absolute atomic E-state index is 0.0900. The van der Waals surface area contributed by atoms with Gasteiger partial charge in [0.2, 0.25) is 0 Å². The molecule has 0 radical (unpaired) electrons. The second kappa shape index (κ2) is 6.52. The van der Waals surface area contributed by atoms with Crippen LogP contribution in [0, 0.1) is 0 Å². The van der Waals surface area contributed by atoms with E-state index in [9.17, 15) is 4.79 Å². The largest absolute Gasteiger partial charge is 0.344 e. The summed E-state index contributed by atoms with van der Waals surface area (Å²) in [6.45, 7) is 12.5. The van der Waals surface area contributed by atoms with Crippen LogP contribution >= 0.6 is 0 Å². The first-order valence-electron chi connectivity index (χ1n) is 8.01. The van der Waals surface area contributed by atoms with Crippen molar-refractivity contribution in [1.29, 1.82) is 0 Å². The van der Waals surface area contributed by atoms with E-state index in [2.05, 4.69) is 50.0 Å². The van der Waals surface area contributed by atoms with Gasteiger partial charge in [-0.05, 0) is 57.4 Å². The number of rotatable bonds is 4. The zero-order valence-corrected chi connectivity index (χ0v) is 14.8. The summed E-state index contributed by atoms with van der Waals surface area (Å²) in [5, 5.41) is 7.54. The van der Waals surface area contributed by atoms with Gasteiger partial charge in [-0.15, -0.1) is 0 Å². The van der Waals surface area contributed by atoms with Crippen LogP contribution in [0.2, 0.25) is 0 Å². The SMILES string of the molecule is CC(C)c1cc(C(=O)N[C@@H](C)c2ccncc2)nn1C(C)(C)C. The molecule has 23 heavy (non-hydrogen) atoms. The van der Waals surface area contributed by atoms with Gasteiger partial charge in [0.25, 0.3) is 5.91 Å². The van der Waals surface area contributed by atoms with Gasteiger partial charge in [0.15, 0.2) is 0 Å². The molecule has 5 heteroatoms. The Balaban J connectivity index is 2.23. The molecule has 2 aromatic heterocycles. The summed E-state index contributed by atoms with van der Waals surface area (Å²) in [4.78, 5) is 16.5. The van der Waals surface area contributed by atoms with E-state index in [0.29, 0.717) is 11.6 Å². The molecule has 0 aromatic carbocycles. The lowest BCUT2D eigenvalue weighted by Gasteiger charge is -2.23. The van der Waals surface area contributed by atoms with E-state index in [0.717, 1.165) is 11.3 Å². The van der Waals surface area contributed by atoms with Gasteiger partial charge >= 0.3 is 0 Å². The van der Waals surface area contributed by atoms with Crippen molar-refractivity contribution in [2.45, 2.75) is 59.0 Å². The average molecular weight is 314 g/mol. The summed E-state index contributed by atoms with van der Waals surface area (Å²) in [7, 11) is 0. The van der Waals surface area contributed by atoms with E-state index in [1.807, 2.05) is 29.8 Å². The average Bonchev–Trinajstić information content (AvgIpc) is 2.93. The molecular weight excluding hydrogens is 288 g/mol. The standard InChI is InChI=1S/C18H26N4O/c1-12(2)16-11-15(21-22(16)18(4,5)6)17(23)20-13(3)14-7-9-19-10-8-14/h7-13H,1-6H3,(H,20,23)/t13-/m0/s1. The molecule has 0 spiro atoms. The molecule has 2 aromatic rings. The van der Waals surface area contributed by atoms with Gasteiger partial charge in [0.1, 0.15) is 5.69 Å². The van der Waals surface area contributed by atoms with E-state index in [4.69, 9.17) is 0 Å². The summed E-state index contributed by atoms with van der Waals surface area (Å²) >= 11 is 0. The summed E-state index contributed by atoms with van der Waals surface area (Å²) in [6.07, 6.45) is 3.45. The highest BCUT2D eigenvalue weighted by molar-refractivity contribution is 5.92. The van der Waals surface area contributed by atoms with Crippen LogP contribution < -0.4 is 5.32 Å². The van der Waals surface area contributed by atoms with Gasteiger partial charge in [-0.3, -0.25) is 14.5 Å². The van der Waals surface area contributed by atoms with Crippen molar-refractivity contribution in [3.05, 3.63) is 47.5 Å². The zero-order valence-electron chi connectivity index (χ0n) is 14.8. The molecule has 1 N–H and O–H groups in total. The summed E-state index contributed by atoms with van der Waals surface area (Å²) in [5.41, 5.74) is 2.39. The van der Waals surface area contributed by atoms with Crippen molar-refractivity contribution < 1.29 is 4.79 Å². The highest BCUT2D eigenvalue weighted by atomic mass is 16.2. The molecule has 0 saturated carbocycles. The number of carbonyl (C=O) groups excluding carboxylic acids is 1. The molecule has 0 unspecified atom stereocenters. The first kappa shape index (κ1) is 17.2. The van der Waals surface area contributed by atoms with Crippen LogP contribution in [-0.2, 0) is 5.54 Å². The molecular formula is C18H26N4O. The van der Waals surface area contributed by atoms with Crippen molar-refractivity contribution in [2.75, 3.05) is 0 Å². The van der Waals surface area contributed by atoms with Gasteiger partial charge in [0, 0.05) is 18.1 Å². The maximum atomic E-state index is 12.5. The molecule has 0 fully saturated rings. The second-order valence-corrected chi connectivity index (χ2v) is 7.17. The summed E-state index contributed by atoms with van der Waals surface area (Å²) in [6, 6.07) is 5.61. The third-order valence-corrected chi connectivity index (χ3v) is 3.75. The third-order valence-electron chi connectivity index (χ3n) is 3.75. The molecule has 0 aliphatic heterocycles. The Labute approximate surface area is 138 Å². The predicted molar refractivity (Wildman–Crippen MR) is 91.4 cm³/mol. The quantitative estimate of drug-likeness (QED) is 0.937. The lowest BCUT2D eigenvalue weighted by Crippen LogP contribution is -2.29. The van der Waals surface area contributed by atoms with E-state index in [1.165, 1.54) is 0 Å². The molecule has 0 bridgehead atoms. The number of aromatic nitrogens is 3. The molecule has 0 saturated heterocycles. The van der Waals surface area contributed by atoms with Crippen LogP contribution in [0.1, 0.15) is 75.2 Å². The second-order valence-electron chi connectivity index (χ2n) is 7.17. The Morgan fingerprint density at radius 3 is 2.26 bits per heavy atom. The molecule has 1 amide bonds. The normalized spacial score (nSPS) is 13.2. The Hall–Kier alpha value is -2.17. The number of hydrogen-bond acceptors (Lipinski definition) is 3. The number of amides is 1. The minimum atomic E-state index is -0.158. The lowest BCUT2D eigenvalue weighted by atomic mass is 10.1. The minimum Gasteiger partial charge on any atom is -0.344 e. The van der Waals surface area contributed by atoms with Crippen LogP contribution in [-0.4, -0.2) is 20.7 Å². The zero-order chi connectivity index (χ0) is 17.2. The number of nitrogens with zero attached hydrogens (tertiary/aromatic N) is 3. The fraction of sp³-hybridized carbons (Fsp3) is 0.500. The van der Waals surface area contributed by atoms with E-state index in [1.54, 1.807) is 12.4 Å². The number of pyridine rings is 1. The van der Waals surface area contributed by atoms with Crippen LogP contribution in [0.5, 0.6) is 0 Å². The molecule has 1 atom stereocenters. The van der Waals surface area contributed by atoms with E-state index >= 15 is 0 Å². The molecule has 2 heterocycles. The highest BCUT2D eigenvalue weighted by Crippen LogP contribution is 2.23. The number of hydrogen-bond donors (Lipinski definition) is 1. The Kier molecular flexibility index (Phi) is 4.88. The van der Waals surface area contributed by atoms with E-state index < -0.39 is 0 Å². The third kappa shape index (κ3) is 3.97. The van der Waals surface area contributed by atoms with Gasteiger partial charge in [-0.1, -0.05) is 13.8 Å². The van der Waals surface area contributed by atoms with Crippen LogP contribution in [0.15, 0.2) is 30.6 Å². The molecule has 2 rings (SSSR count). The Bertz CT molecular complexity index is 668. The summed E-state index contributed by atoms with van der Waals surface area (Å²) < 4.78 is 1.95. The maximum absolute atomic E-state index is 12.5. The molecule has 124 valence electrons. The van der Waals surface area contributed by atoms with Gasteiger partial charge in [0.05, 0.1) is 11.6 Å². The Morgan fingerprint density at radius 1 is 1.17 bits per heavy atom. The van der Waals surface area contributed by atoms with Crippen molar-refractivity contribution in [3.8, 4) is 0 Å². The summed E-state index contributed by atoms with van der Waals surface area (Å²) in [5.74, 6) is 0.153. The van der Waals surface area contributed by atoms with Crippen LogP contribution in [0.25, 0.3) is 0 Å². The number of carbonyl (C=O) groups is 1. The van der Waals surface area contributed by atoms with Gasteiger partial charge in [-0.25, -0.2) is 0 Å². The monoisotopic (exact) mass is 314 g/mol. The number of nitrogens with one attached hydrogen (secondary N) is 1. The maximum Gasteiger partial charge on any atom is 0.272 e.